The van der Waals surface area contributed by atoms with Gasteiger partial charge in [-0.05, 0) is 36.1 Å². The second kappa shape index (κ2) is 6.37. The maximum Gasteiger partial charge on any atom is 0.343 e. The number of carbonyl (C=O) groups excluding carboxylic acids is 1. The predicted octanol–water partition coefficient (Wildman–Crippen LogP) is 3.29. The summed E-state index contributed by atoms with van der Waals surface area (Å²) in [6, 6.07) is 7.67. The summed E-state index contributed by atoms with van der Waals surface area (Å²) in [5.41, 5.74) is 3.99. The van der Waals surface area contributed by atoms with Gasteiger partial charge in [-0.15, -0.1) is 0 Å². The Morgan fingerprint density at radius 2 is 2.10 bits per heavy atom. The first kappa shape index (κ1) is 18.8. The van der Waals surface area contributed by atoms with Crippen molar-refractivity contribution in [3.8, 4) is 11.4 Å². The highest BCUT2D eigenvalue weighted by Crippen LogP contribution is 2.40. The van der Waals surface area contributed by atoms with Gasteiger partial charge in [0.2, 0.25) is 0 Å². The molecule has 2 aliphatic rings. The number of carbonyl (C=O) groups is 1. The van der Waals surface area contributed by atoms with Crippen LogP contribution in [0.5, 0.6) is 0 Å². The molecule has 6 heteroatoms. The number of benzene rings is 1. The van der Waals surface area contributed by atoms with E-state index in [4.69, 9.17) is 9.72 Å². The zero-order chi connectivity index (χ0) is 21.2. The molecule has 4 heterocycles. The van der Waals surface area contributed by atoms with Crippen LogP contribution < -0.4 is 5.56 Å². The summed E-state index contributed by atoms with van der Waals surface area (Å²) < 4.78 is 6.82. The van der Waals surface area contributed by atoms with Crippen molar-refractivity contribution >= 4 is 22.9 Å². The van der Waals surface area contributed by atoms with Crippen LogP contribution >= 0.6 is 0 Å². The maximum absolute atomic E-state index is 13.3. The van der Waals surface area contributed by atoms with E-state index in [9.17, 15) is 14.7 Å². The molecule has 30 heavy (non-hydrogen) atoms. The number of rotatable bonds is 3. The molecule has 0 amide bonds. The number of cyclic esters (lactones) is 1. The van der Waals surface area contributed by atoms with Crippen LogP contribution in [0, 0.1) is 0 Å². The predicted molar refractivity (Wildman–Crippen MR) is 114 cm³/mol. The van der Waals surface area contributed by atoms with Crippen LogP contribution in [0.25, 0.3) is 28.4 Å². The molecule has 2 aliphatic heterocycles. The average Bonchev–Trinajstić information content (AvgIpc) is 3.13. The molecule has 1 N–H and O–H groups in total. The minimum Gasteiger partial charge on any atom is -0.458 e. The van der Waals surface area contributed by atoms with Gasteiger partial charge in [-0.25, -0.2) is 9.78 Å². The average molecular weight is 402 g/mol. The van der Waals surface area contributed by atoms with E-state index in [0.717, 1.165) is 39.7 Å². The van der Waals surface area contributed by atoms with Crippen molar-refractivity contribution in [2.75, 3.05) is 0 Å². The van der Waals surface area contributed by atoms with Crippen LogP contribution in [0.1, 0.15) is 48.1 Å². The van der Waals surface area contributed by atoms with Gasteiger partial charge in [0, 0.05) is 16.5 Å². The third kappa shape index (κ3) is 2.25. The molecule has 2 aromatic heterocycles. The van der Waals surface area contributed by atoms with E-state index in [1.165, 1.54) is 0 Å². The fourth-order valence-corrected chi connectivity index (χ4v) is 4.81. The van der Waals surface area contributed by atoms with Crippen LogP contribution in [0.3, 0.4) is 0 Å². The molecule has 0 aliphatic carbocycles. The van der Waals surface area contributed by atoms with Crippen LogP contribution in [-0.4, -0.2) is 20.6 Å². The van der Waals surface area contributed by atoms with E-state index in [-0.39, 0.29) is 18.6 Å². The number of aliphatic hydroxyl groups is 1. The van der Waals surface area contributed by atoms with Crippen molar-refractivity contribution in [1.29, 1.82) is 0 Å². The van der Waals surface area contributed by atoms with E-state index >= 15 is 0 Å². The van der Waals surface area contributed by atoms with E-state index < -0.39 is 11.6 Å². The van der Waals surface area contributed by atoms with Gasteiger partial charge in [0.05, 0.1) is 29.0 Å². The largest absolute Gasteiger partial charge is 0.458 e. The third-order valence-electron chi connectivity index (χ3n) is 6.43. The number of aryl methyl sites for hydroxylation is 1. The normalized spacial score (nSPS) is 19.2. The van der Waals surface area contributed by atoms with Crippen molar-refractivity contribution in [1.82, 2.24) is 9.55 Å². The standard InChI is InChI=1S/C24H22N2O4/c1-4-13-8-7-9-18-20(13)14(5-2)15-11-26-19(21(15)25-18)10-17-16(22(26)27)12-30-23(28)24(17,29)6-3/h4,7-10,29H,1,5-6,11-12H2,2-3H3/t24-/m0/s1. The Morgan fingerprint density at radius 3 is 2.80 bits per heavy atom. The summed E-state index contributed by atoms with van der Waals surface area (Å²) >= 11 is 0. The summed E-state index contributed by atoms with van der Waals surface area (Å²) in [4.78, 5) is 30.5. The molecule has 0 fully saturated rings. The number of hydrogen-bond donors (Lipinski definition) is 1. The molecular formula is C24H22N2O4. The minimum atomic E-state index is -1.81. The van der Waals surface area contributed by atoms with Gasteiger partial charge in [0.15, 0.2) is 5.60 Å². The van der Waals surface area contributed by atoms with Gasteiger partial charge in [-0.2, -0.15) is 0 Å². The van der Waals surface area contributed by atoms with Gasteiger partial charge < -0.3 is 14.4 Å². The number of esters is 1. The minimum absolute atomic E-state index is 0.122. The Kier molecular flexibility index (Phi) is 3.98. The molecule has 0 spiro atoms. The van der Waals surface area contributed by atoms with E-state index in [0.29, 0.717) is 23.4 Å². The number of hydrogen-bond acceptors (Lipinski definition) is 5. The Balaban J connectivity index is 1.85. The molecule has 152 valence electrons. The SMILES string of the molecule is C=Cc1cccc2nc3c(c(CC)c12)Cn1c-3cc2c(c1=O)COC(=O)[C@]2(O)CC. The van der Waals surface area contributed by atoms with E-state index in [2.05, 4.69) is 13.5 Å². The van der Waals surface area contributed by atoms with Crippen molar-refractivity contribution in [3.63, 3.8) is 0 Å². The molecule has 0 saturated heterocycles. The quantitative estimate of drug-likeness (QED) is 0.532. The molecule has 6 nitrogen and oxygen atoms in total. The Hall–Kier alpha value is -3.25. The zero-order valence-corrected chi connectivity index (χ0v) is 17.0. The van der Waals surface area contributed by atoms with E-state index in [1.54, 1.807) is 17.6 Å². The van der Waals surface area contributed by atoms with Gasteiger partial charge in [0.1, 0.15) is 6.61 Å². The second-order valence-corrected chi connectivity index (χ2v) is 7.82. The molecular weight excluding hydrogens is 380 g/mol. The molecule has 0 saturated carbocycles. The summed E-state index contributed by atoms with van der Waals surface area (Å²) in [5, 5.41) is 12.0. The van der Waals surface area contributed by atoms with Gasteiger partial charge >= 0.3 is 5.97 Å². The number of nitrogens with zero attached hydrogens (tertiary/aromatic N) is 2. The lowest BCUT2D eigenvalue weighted by atomic mass is 9.86. The van der Waals surface area contributed by atoms with Gasteiger partial charge in [-0.3, -0.25) is 4.79 Å². The third-order valence-corrected chi connectivity index (χ3v) is 6.43. The second-order valence-electron chi connectivity index (χ2n) is 7.82. The van der Waals surface area contributed by atoms with Crippen molar-refractivity contribution in [3.05, 3.63) is 69.0 Å². The highest BCUT2D eigenvalue weighted by Gasteiger charge is 2.45. The Morgan fingerprint density at radius 1 is 1.30 bits per heavy atom. The van der Waals surface area contributed by atoms with Crippen LogP contribution in [0.2, 0.25) is 0 Å². The monoisotopic (exact) mass is 402 g/mol. The molecule has 1 aromatic carbocycles. The lowest BCUT2D eigenvalue weighted by molar-refractivity contribution is -0.172. The molecule has 0 bridgehead atoms. The first-order valence-electron chi connectivity index (χ1n) is 10.2. The molecule has 0 radical (unpaired) electrons. The first-order chi connectivity index (χ1) is 14.4. The number of fused-ring (bicyclic) bond motifs is 5. The highest BCUT2D eigenvalue weighted by atomic mass is 16.6. The van der Waals surface area contributed by atoms with Gasteiger partial charge in [-0.1, -0.05) is 38.6 Å². The van der Waals surface area contributed by atoms with Crippen LogP contribution in [0.4, 0.5) is 0 Å². The highest BCUT2D eigenvalue weighted by molar-refractivity contribution is 5.94. The summed E-state index contributed by atoms with van der Waals surface area (Å²) in [5.74, 6) is -0.712. The summed E-state index contributed by atoms with van der Waals surface area (Å²) in [6.45, 7) is 8.01. The van der Waals surface area contributed by atoms with Crippen molar-refractivity contribution < 1.29 is 14.6 Å². The van der Waals surface area contributed by atoms with Crippen LogP contribution in [0.15, 0.2) is 35.6 Å². The first-order valence-corrected chi connectivity index (χ1v) is 10.2. The number of pyridine rings is 2. The fourth-order valence-electron chi connectivity index (χ4n) is 4.81. The lowest BCUT2D eigenvalue weighted by Crippen LogP contribution is -2.44. The topological polar surface area (TPSA) is 81.4 Å². The van der Waals surface area contributed by atoms with Crippen molar-refractivity contribution in [2.24, 2.45) is 0 Å². The number of aromatic nitrogens is 2. The molecule has 1 atom stereocenters. The molecule has 3 aromatic rings. The summed E-state index contributed by atoms with van der Waals surface area (Å²) in [7, 11) is 0. The Labute approximate surface area is 173 Å². The Bertz CT molecular complexity index is 1320. The lowest BCUT2D eigenvalue weighted by Gasteiger charge is -2.31. The van der Waals surface area contributed by atoms with E-state index in [1.807, 2.05) is 24.3 Å². The fraction of sp³-hybridized carbons (Fsp3) is 0.292. The number of ether oxygens (including phenoxy) is 1. The molecule has 5 rings (SSSR count). The van der Waals surface area contributed by atoms with Gasteiger partial charge in [0.25, 0.3) is 5.56 Å². The van der Waals surface area contributed by atoms with Crippen LogP contribution in [-0.2, 0) is 34.7 Å². The smallest absolute Gasteiger partial charge is 0.343 e. The zero-order valence-electron chi connectivity index (χ0n) is 17.0. The maximum atomic E-state index is 13.3. The summed E-state index contributed by atoms with van der Waals surface area (Å²) in [6.07, 6.45) is 2.74. The van der Waals surface area contributed by atoms with Crippen molar-refractivity contribution in [2.45, 2.75) is 45.4 Å². The molecule has 0 unspecified atom stereocenters.